The Bertz CT molecular complexity index is 338. The molecule has 1 heterocycles. The van der Waals surface area contributed by atoms with Gasteiger partial charge in [-0.05, 0) is 19.4 Å². The number of halogens is 3. The molecular formula is C11H15F3N2O2. The predicted molar refractivity (Wildman–Crippen MR) is 56.6 cm³/mol. The number of aliphatic carboxylic acids is 1. The molecule has 0 aromatic heterocycles. The van der Waals surface area contributed by atoms with E-state index in [9.17, 15) is 18.0 Å². The molecule has 4 nitrogen and oxygen atoms in total. The number of alkyl halides is 3. The molecule has 0 spiro atoms. The summed E-state index contributed by atoms with van der Waals surface area (Å²) in [4.78, 5) is 12.1. The van der Waals surface area contributed by atoms with E-state index in [0.717, 1.165) is 12.8 Å². The Kier molecular flexibility index (Phi) is 4.96. The highest BCUT2D eigenvalue weighted by molar-refractivity contribution is 5.67. The number of piperidine rings is 1. The first-order valence-corrected chi connectivity index (χ1v) is 5.76. The quantitative estimate of drug-likeness (QED) is 0.843. The van der Waals surface area contributed by atoms with Gasteiger partial charge in [0.2, 0.25) is 0 Å². The van der Waals surface area contributed by atoms with Gasteiger partial charge in [0, 0.05) is 12.6 Å². The Morgan fingerprint density at radius 1 is 1.50 bits per heavy atom. The highest BCUT2D eigenvalue weighted by Crippen LogP contribution is 2.29. The monoisotopic (exact) mass is 264 g/mol. The highest BCUT2D eigenvalue weighted by atomic mass is 19.4. The van der Waals surface area contributed by atoms with Crippen molar-refractivity contribution in [2.45, 2.75) is 37.9 Å². The second kappa shape index (κ2) is 6.05. The molecule has 0 amide bonds. The Morgan fingerprint density at radius 3 is 2.67 bits per heavy atom. The molecule has 1 saturated heterocycles. The van der Waals surface area contributed by atoms with Crippen molar-refractivity contribution in [2.24, 2.45) is 5.92 Å². The van der Waals surface area contributed by atoms with Gasteiger partial charge in [0.25, 0.3) is 0 Å². The van der Waals surface area contributed by atoms with Crippen LogP contribution in [0.2, 0.25) is 0 Å². The van der Waals surface area contributed by atoms with Crippen molar-refractivity contribution < 1.29 is 23.1 Å². The zero-order valence-corrected chi connectivity index (χ0v) is 9.78. The lowest BCUT2D eigenvalue weighted by molar-refractivity contribution is -0.165. The molecule has 1 aliphatic heterocycles. The standard InChI is InChI=1S/C11H15F3N2O2/c12-11(13,14)8(6-15)7-16-4-2-1-3-9(16)5-10(17)18/h8-9H,1-5,7H2,(H,17,18). The number of nitriles is 1. The van der Waals surface area contributed by atoms with Gasteiger partial charge in [-0.25, -0.2) is 0 Å². The van der Waals surface area contributed by atoms with Gasteiger partial charge in [0.15, 0.2) is 5.92 Å². The zero-order chi connectivity index (χ0) is 13.8. The highest BCUT2D eigenvalue weighted by Gasteiger charge is 2.42. The lowest BCUT2D eigenvalue weighted by atomic mass is 9.97. The molecule has 0 aliphatic carbocycles. The summed E-state index contributed by atoms with van der Waals surface area (Å²) < 4.78 is 37.5. The van der Waals surface area contributed by atoms with Gasteiger partial charge in [-0.3, -0.25) is 9.69 Å². The van der Waals surface area contributed by atoms with Crippen LogP contribution in [0.1, 0.15) is 25.7 Å². The second-order valence-electron chi connectivity index (χ2n) is 4.47. The van der Waals surface area contributed by atoms with Crippen molar-refractivity contribution >= 4 is 5.97 Å². The first-order chi connectivity index (χ1) is 8.34. The molecule has 0 bridgehead atoms. The molecule has 1 N–H and O–H groups in total. The van der Waals surface area contributed by atoms with E-state index in [1.54, 1.807) is 0 Å². The molecule has 0 aromatic carbocycles. The Labute approximate surface area is 103 Å². The van der Waals surface area contributed by atoms with Gasteiger partial charge >= 0.3 is 12.1 Å². The summed E-state index contributed by atoms with van der Waals surface area (Å²) in [6.07, 6.45) is -2.60. The van der Waals surface area contributed by atoms with Crippen LogP contribution in [0.5, 0.6) is 0 Å². The third-order valence-electron chi connectivity index (χ3n) is 3.13. The molecule has 18 heavy (non-hydrogen) atoms. The van der Waals surface area contributed by atoms with Crippen molar-refractivity contribution in [3.8, 4) is 6.07 Å². The summed E-state index contributed by atoms with van der Waals surface area (Å²) in [5, 5.41) is 17.3. The van der Waals surface area contributed by atoms with Gasteiger partial charge in [-0.2, -0.15) is 18.4 Å². The minimum absolute atomic E-state index is 0.171. The van der Waals surface area contributed by atoms with Crippen LogP contribution in [0, 0.1) is 17.2 Å². The van der Waals surface area contributed by atoms with E-state index in [2.05, 4.69) is 0 Å². The molecule has 7 heteroatoms. The van der Waals surface area contributed by atoms with Crippen molar-refractivity contribution in [3.63, 3.8) is 0 Å². The Balaban J connectivity index is 2.67. The molecule has 1 rings (SSSR count). The van der Waals surface area contributed by atoms with Crippen LogP contribution in [0.3, 0.4) is 0 Å². The summed E-state index contributed by atoms with van der Waals surface area (Å²) in [5.74, 6) is -3.07. The van der Waals surface area contributed by atoms with Gasteiger partial charge < -0.3 is 5.11 Å². The number of carboxylic acid groups (broad SMARTS) is 1. The number of likely N-dealkylation sites (tertiary alicyclic amines) is 1. The van der Waals surface area contributed by atoms with Crippen molar-refractivity contribution in [1.82, 2.24) is 4.90 Å². The SMILES string of the molecule is N#CC(CN1CCCCC1CC(=O)O)C(F)(F)F. The van der Waals surface area contributed by atoms with E-state index in [0.29, 0.717) is 13.0 Å². The number of rotatable bonds is 4. The molecule has 2 atom stereocenters. The van der Waals surface area contributed by atoms with E-state index in [-0.39, 0.29) is 6.42 Å². The number of carbonyl (C=O) groups is 1. The smallest absolute Gasteiger partial charge is 0.405 e. The predicted octanol–water partition coefficient (Wildman–Crippen LogP) is 2.02. The van der Waals surface area contributed by atoms with E-state index >= 15 is 0 Å². The van der Waals surface area contributed by atoms with Crippen LogP contribution in [-0.2, 0) is 4.79 Å². The second-order valence-corrected chi connectivity index (χ2v) is 4.47. The molecule has 0 radical (unpaired) electrons. The maximum Gasteiger partial charge on any atom is 0.405 e. The zero-order valence-electron chi connectivity index (χ0n) is 9.78. The minimum Gasteiger partial charge on any atom is -0.481 e. The Morgan fingerprint density at radius 2 is 2.17 bits per heavy atom. The normalized spacial score (nSPS) is 23.3. The van der Waals surface area contributed by atoms with Crippen LogP contribution in [-0.4, -0.2) is 41.3 Å². The van der Waals surface area contributed by atoms with Crippen molar-refractivity contribution in [3.05, 3.63) is 0 Å². The fraction of sp³-hybridized carbons (Fsp3) is 0.818. The number of hydrogen-bond donors (Lipinski definition) is 1. The first-order valence-electron chi connectivity index (χ1n) is 5.76. The Hall–Kier alpha value is -1.29. The van der Waals surface area contributed by atoms with Crippen LogP contribution >= 0.6 is 0 Å². The lowest BCUT2D eigenvalue weighted by Crippen LogP contribution is -2.45. The fourth-order valence-electron chi connectivity index (χ4n) is 2.19. The molecular weight excluding hydrogens is 249 g/mol. The summed E-state index contributed by atoms with van der Waals surface area (Å²) in [7, 11) is 0. The van der Waals surface area contributed by atoms with Gasteiger partial charge in [0.05, 0.1) is 12.5 Å². The molecule has 1 aliphatic rings. The molecule has 2 unspecified atom stereocenters. The van der Waals surface area contributed by atoms with Crippen molar-refractivity contribution in [2.75, 3.05) is 13.1 Å². The van der Waals surface area contributed by atoms with Gasteiger partial charge in [-0.1, -0.05) is 6.42 Å². The minimum atomic E-state index is -4.56. The molecule has 102 valence electrons. The number of nitrogens with zero attached hydrogens (tertiary/aromatic N) is 2. The first kappa shape index (κ1) is 14.8. The summed E-state index contributed by atoms with van der Waals surface area (Å²) in [5.41, 5.74) is 0. The largest absolute Gasteiger partial charge is 0.481 e. The molecule has 0 aromatic rings. The van der Waals surface area contributed by atoms with Crippen LogP contribution in [0.15, 0.2) is 0 Å². The number of carboxylic acids is 1. The van der Waals surface area contributed by atoms with E-state index in [1.165, 1.54) is 11.0 Å². The summed E-state index contributed by atoms with van der Waals surface area (Å²) in [6.45, 7) is -0.00977. The number of hydrogen-bond acceptors (Lipinski definition) is 3. The van der Waals surface area contributed by atoms with E-state index < -0.39 is 30.7 Å². The fourth-order valence-corrected chi connectivity index (χ4v) is 2.19. The van der Waals surface area contributed by atoms with Crippen molar-refractivity contribution in [1.29, 1.82) is 5.26 Å². The third-order valence-corrected chi connectivity index (χ3v) is 3.13. The topological polar surface area (TPSA) is 64.3 Å². The van der Waals surface area contributed by atoms with Gasteiger partial charge in [0.1, 0.15) is 0 Å². The third kappa shape index (κ3) is 4.18. The maximum absolute atomic E-state index is 12.5. The van der Waals surface area contributed by atoms with Crippen LogP contribution in [0.4, 0.5) is 13.2 Å². The summed E-state index contributed by atoms with van der Waals surface area (Å²) >= 11 is 0. The lowest BCUT2D eigenvalue weighted by Gasteiger charge is -2.36. The average molecular weight is 264 g/mol. The van der Waals surface area contributed by atoms with Crippen LogP contribution in [0.25, 0.3) is 0 Å². The van der Waals surface area contributed by atoms with E-state index in [4.69, 9.17) is 10.4 Å². The molecule has 1 fully saturated rings. The maximum atomic E-state index is 12.5. The van der Waals surface area contributed by atoms with Gasteiger partial charge in [-0.15, -0.1) is 0 Å². The van der Waals surface area contributed by atoms with E-state index in [1.807, 2.05) is 0 Å². The average Bonchev–Trinajstić information content (AvgIpc) is 2.25. The summed E-state index contributed by atoms with van der Waals surface area (Å²) in [6, 6.07) is 0.855. The molecule has 0 saturated carbocycles. The van der Waals surface area contributed by atoms with Crippen LogP contribution < -0.4 is 0 Å².